The fraction of sp³-hybridized carbons (Fsp3) is 0.364. The van der Waals surface area contributed by atoms with Gasteiger partial charge < -0.3 is 5.21 Å². The predicted molar refractivity (Wildman–Crippen MR) is 60.0 cm³/mol. The zero-order chi connectivity index (χ0) is 9.97. The van der Waals surface area contributed by atoms with Crippen molar-refractivity contribution >= 4 is 21.6 Å². The molecule has 1 aromatic carbocycles. The van der Waals surface area contributed by atoms with E-state index in [0.29, 0.717) is 5.92 Å². The summed E-state index contributed by atoms with van der Waals surface area (Å²) >= 11 is 3.42. The van der Waals surface area contributed by atoms with Crippen molar-refractivity contribution in [3.63, 3.8) is 0 Å². The monoisotopic (exact) mass is 253 g/mol. The Hall–Kier alpha value is -0.830. The van der Waals surface area contributed by atoms with Crippen LogP contribution in [0.1, 0.15) is 30.7 Å². The lowest BCUT2D eigenvalue weighted by molar-refractivity contribution is 0.317. The number of nitrogens with zero attached hydrogens (tertiary/aromatic N) is 1. The molecule has 1 aromatic rings. The summed E-state index contributed by atoms with van der Waals surface area (Å²) in [5.41, 5.74) is 2.27. The number of rotatable bonds is 1. The number of halogens is 1. The van der Waals surface area contributed by atoms with E-state index in [1.54, 1.807) is 0 Å². The molecule has 74 valence electrons. The van der Waals surface area contributed by atoms with Crippen molar-refractivity contribution in [2.45, 2.75) is 25.2 Å². The summed E-state index contributed by atoms with van der Waals surface area (Å²) in [6, 6.07) is 8.39. The SMILES string of the molecule is ON=C1CCC(c2ccc(Br)cc2)C1. The molecule has 0 spiro atoms. The minimum absolute atomic E-state index is 0.536. The summed E-state index contributed by atoms with van der Waals surface area (Å²) in [7, 11) is 0. The van der Waals surface area contributed by atoms with Crippen LogP contribution in [0, 0.1) is 0 Å². The minimum atomic E-state index is 0.536. The Kier molecular flexibility index (Phi) is 2.87. The van der Waals surface area contributed by atoms with Crippen molar-refractivity contribution in [2.75, 3.05) is 0 Å². The normalized spacial score (nSPS) is 24.4. The highest BCUT2D eigenvalue weighted by molar-refractivity contribution is 9.10. The fourth-order valence-corrected chi connectivity index (χ4v) is 2.20. The molecule has 1 unspecified atom stereocenters. The van der Waals surface area contributed by atoms with Crippen LogP contribution >= 0.6 is 15.9 Å². The van der Waals surface area contributed by atoms with E-state index in [1.807, 2.05) is 0 Å². The Morgan fingerprint density at radius 2 is 2.00 bits per heavy atom. The first-order valence-corrected chi connectivity index (χ1v) is 5.54. The summed E-state index contributed by atoms with van der Waals surface area (Å²) in [6.45, 7) is 0. The lowest BCUT2D eigenvalue weighted by Crippen LogP contribution is -1.94. The zero-order valence-electron chi connectivity index (χ0n) is 7.78. The quantitative estimate of drug-likeness (QED) is 0.603. The fourth-order valence-electron chi connectivity index (χ4n) is 1.94. The average Bonchev–Trinajstić information content (AvgIpc) is 2.67. The third-order valence-electron chi connectivity index (χ3n) is 2.75. The van der Waals surface area contributed by atoms with Crippen LogP contribution in [0.15, 0.2) is 33.9 Å². The zero-order valence-corrected chi connectivity index (χ0v) is 9.37. The topological polar surface area (TPSA) is 32.6 Å². The Morgan fingerprint density at radius 1 is 1.29 bits per heavy atom. The molecule has 14 heavy (non-hydrogen) atoms. The summed E-state index contributed by atoms with van der Waals surface area (Å²) < 4.78 is 1.11. The summed E-state index contributed by atoms with van der Waals surface area (Å²) in [4.78, 5) is 0. The molecule has 3 heteroatoms. The average molecular weight is 254 g/mol. The van der Waals surface area contributed by atoms with Gasteiger partial charge in [0.25, 0.3) is 0 Å². The van der Waals surface area contributed by atoms with Crippen molar-refractivity contribution in [3.8, 4) is 0 Å². The molecule has 0 heterocycles. The molecule has 1 atom stereocenters. The Bertz CT molecular complexity index is 345. The molecule has 0 amide bonds. The molecular formula is C11H12BrNO. The van der Waals surface area contributed by atoms with Crippen LogP contribution in [0.3, 0.4) is 0 Å². The van der Waals surface area contributed by atoms with Crippen LogP contribution in [-0.4, -0.2) is 10.9 Å². The summed E-state index contributed by atoms with van der Waals surface area (Å²) in [6.07, 6.45) is 2.93. The van der Waals surface area contributed by atoms with Gasteiger partial charge in [-0.25, -0.2) is 0 Å². The van der Waals surface area contributed by atoms with E-state index < -0.39 is 0 Å². The molecule has 0 saturated heterocycles. The van der Waals surface area contributed by atoms with Gasteiger partial charge in [0.2, 0.25) is 0 Å². The lowest BCUT2D eigenvalue weighted by atomic mass is 9.98. The largest absolute Gasteiger partial charge is 0.411 e. The Morgan fingerprint density at radius 3 is 2.57 bits per heavy atom. The minimum Gasteiger partial charge on any atom is -0.411 e. The molecular weight excluding hydrogens is 242 g/mol. The predicted octanol–water partition coefficient (Wildman–Crippen LogP) is 3.55. The maximum atomic E-state index is 8.66. The molecule has 2 rings (SSSR count). The third-order valence-corrected chi connectivity index (χ3v) is 3.27. The standard InChI is InChI=1S/C11H12BrNO/c12-10-4-1-8(2-5-10)9-3-6-11(7-9)13-14/h1-2,4-5,9,14H,3,6-7H2. The maximum absolute atomic E-state index is 8.66. The van der Waals surface area contributed by atoms with Gasteiger partial charge in [-0.15, -0.1) is 0 Å². The molecule has 1 aliphatic carbocycles. The molecule has 1 aliphatic rings. The van der Waals surface area contributed by atoms with Crippen LogP contribution in [0.4, 0.5) is 0 Å². The van der Waals surface area contributed by atoms with Gasteiger partial charge in [-0.2, -0.15) is 0 Å². The maximum Gasteiger partial charge on any atom is 0.0577 e. The number of oxime groups is 1. The van der Waals surface area contributed by atoms with Crippen LogP contribution in [0.25, 0.3) is 0 Å². The number of hydrogen-bond acceptors (Lipinski definition) is 2. The molecule has 0 aliphatic heterocycles. The second-order valence-corrected chi connectivity index (χ2v) is 4.57. The van der Waals surface area contributed by atoms with E-state index in [9.17, 15) is 0 Å². The first-order chi connectivity index (χ1) is 6.79. The number of benzene rings is 1. The Labute approximate surface area is 91.8 Å². The molecule has 2 nitrogen and oxygen atoms in total. The van der Waals surface area contributed by atoms with Gasteiger partial charge in [-0.05, 0) is 42.9 Å². The van der Waals surface area contributed by atoms with Crippen molar-refractivity contribution in [3.05, 3.63) is 34.3 Å². The number of hydrogen-bond donors (Lipinski definition) is 1. The van der Waals surface area contributed by atoms with Crippen LogP contribution in [0.2, 0.25) is 0 Å². The highest BCUT2D eigenvalue weighted by Crippen LogP contribution is 2.33. The van der Waals surface area contributed by atoms with E-state index in [2.05, 4.69) is 45.4 Å². The second-order valence-electron chi connectivity index (χ2n) is 3.66. The van der Waals surface area contributed by atoms with E-state index in [0.717, 1.165) is 29.4 Å². The van der Waals surface area contributed by atoms with Gasteiger partial charge in [0.1, 0.15) is 0 Å². The van der Waals surface area contributed by atoms with Crippen LogP contribution < -0.4 is 0 Å². The second kappa shape index (κ2) is 4.13. The molecule has 1 fully saturated rings. The van der Waals surface area contributed by atoms with E-state index >= 15 is 0 Å². The van der Waals surface area contributed by atoms with Crippen LogP contribution in [0.5, 0.6) is 0 Å². The third kappa shape index (κ3) is 1.98. The van der Waals surface area contributed by atoms with Gasteiger partial charge in [0.15, 0.2) is 0 Å². The van der Waals surface area contributed by atoms with Gasteiger partial charge >= 0.3 is 0 Å². The molecule has 0 radical (unpaired) electrons. The van der Waals surface area contributed by atoms with Crippen molar-refractivity contribution in [1.82, 2.24) is 0 Å². The van der Waals surface area contributed by atoms with E-state index in [4.69, 9.17) is 5.21 Å². The van der Waals surface area contributed by atoms with Gasteiger partial charge in [0.05, 0.1) is 5.71 Å². The van der Waals surface area contributed by atoms with Crippen molar-refractivity contribution in [1.29, 1.82) is 0 Å². The van der Waals surface area contributed by atoms with Crippen LogP contribution in [-0.2, 0) is 0 Å². The van der Waals surface area contributed by atoms with Crippen molar-refractivity contribution in [2.24, 2.45) is 5.16 Å². The van der Waals surface area contributed by atoms with Gasteiger partial charge in [-0.1, -0.05) is 33.2 Å². The first kappa shape index (κ1) is 9.71. The highest BCUT2D eigenvalue weighted by atomic mass is 79.9. The van der Waals surface area contributed by atoms with Crippen molar-refractivity contribution < 1.29 is 5.21 Å². The first-order valence-electron chi connectivity index (χ1n) is 4.75. The lowest BCUT2D eigenvalue weighted by Gasteiger charge is -2.07. The van der Waals surface area contributed by atoms with E-state index in [1.165, 1.54) is 5.56 Å². The van der Waals surface area contributed by atoms with Gasteiger partial charge in [0, 0.05) is 4.47 Å². The molecule has 1 N–H and O–H groups in total. The molecule has 1 saturated carbocycles. The smallest absolute Gasteiger partial charge is 0.0577 e. The molecule has 0 bridgehead atoms. The highest BCUT2D eigenvalue weighted by Gasteiger charge is 2.22. The summed E-state index contributed by atoms with van der Waals surface area (Å²) in [5, 5.41) is 11.9. The summed E-state index contributed by atoms with van der Waals surface area (Å²) in [5.74, 6) is 0.536. The van der Waals surface area contributed by atoms with Gasteiger partial charge in [-0.3, -0.25) is 0 Å². The Balaban J connectivity index is 2.13. The van der Waals surface area contributed by atoms with E-state index in [-0.39, 0.29) is 0 Å². The molecule has 0 aromatic heterocycles.